The van der Waals surface area contributed by atoms with Crippen molar-refractivity contribution in [2.24, 2.45) is 0 Å². The van der Waals surface area contributed by atoms with Crippen LogP contribution in [0.15, 0.2) is 47.3 Å². The Morgan fingerprint density at radius 2 is 1.84 bits per heavy atom. The van der Waals surface area contributed by atoms with Crippen molar-refractivity contribution in [1.29, 1.82) is 0 Å². The Bertz CT molecular complexity index is 848. The molecule has 3 aromatic rings. The van der Waals surface area contributed by atoms with E-state index in [0.29, 0.717) is 31.9 Å². The van der Waals surface area contributed by atoms with Crippen molar-refractivity contribution in [3.8, 4) is 5.82 Å². The number of anilines is 1. The van der Waals surface area contributed by atoms with E-state index in [-0.39, 0.29) is 5.91 Å². The van der Waals surface area contributed by atoms with Gasteiger partial charge in [-0.2, -0.15) is 0 Å². The number of piperazine rings is 1. The van der Waals surface area contributed by atoms with Gasteiger partial charge in [-0.1, -0.05) is 0 Å². The highest BCUT2D eigenvalue weighted by atomic mass is 16.3. The lowest BCUT2D eigenvalue weighted by molar-refractivity contribution is 0.0714. The number of aryl methyl sites for hydroxylation is 1. The first kappa shape index (κ1) is 15.4. The van der Waals surface area contributed by atoms with Crippen LogP contribution in [-0.4, -0.2) is 56.7 Å². The van der Waals surface area contributed by atoms with Gasteiger partial charge in [-0.15, -0.1) is 10.2 Å². The first-order valence-corrected chi connectivity index (χ1v) is 8.14. The highest BCUT2D eigenvalue weighted by Gasteiger charge is 2.24. The Morgan fingerprint density at radius 3 is 2.44 bits per heavy atom. The number of nitrogens with zero attached hydrogens (tertiary/aromatic N) is 6. The number of carbonyl (C=O) groups excluding carboxylic acids is 1. The molecule has 0 unspecified atom stereocenters. The van der Waals surface area contributed by atoms with Crippen LogP contribution in [0.4, 0.5) is 5.82 Å². The first-order valence-electron chi connectivity index (χ1n) is 8.14. The van der Waals surface area contributed by atoms with Crippen molar-refractivity contribution in [3.63, 3.8) is 0 Å². The molecule has 128 valence electrons. The predicted molar refractivity (Wildman–Crippen MR) is 90.7 cm³/mol. The van der Waals surface area contributed by atoms with Gasteiger partial charge in [-0.25, -0.2) is 4.98 Å². The van der Waals surface area contributed by atoms with E-state index in [4.69, 9.17) is 4.42 Å². The highest BCUT2D eigenvalue weighted by Crippen LogP contribution is 2.16. The zero-order chi connectivity index (χ0) is 17.2. The first-order chi connectivity index (χ1) is 12.2. The minimum Gasteiger partial charge on any atom is -0.459 e. The second-order valence-electron chi connectivity index (χ2n) is 5.85. The quantitative estimate of drug-likeness (QED) is 0.720. The van der Waals surface area contributed by atoms with Crippen molar-refractivity contribution in [2.75, 3.05) is 31.1 Å². The number of hydrogen-bond acceptors (Lipinski definition) is 6. The lowest BCUT2D eigenvalue weighted by Crippen LogP contribution is -2.49. The Morgan fingerprint density at radius 1 is 1.08 bits per heavy atom. The summed E-state index contributed by atoms with van der Waals surface area (Å²) in [4.78, 5) is 20.4. The molecule has 8 heteroatoms. The molecule has 3 aromatic heterocycles. The van der Waals surface area contributed by atoms with Gasteiger partial charge in [0.05, 0.1) is 6.26 Å². The molecule has 0 radical (unpaired) electrons. The molecule has 1 aliphatic rings. The Hall–Kier alpha value is -3.16. The van der Waals surface area contributed by atoms with Crippen LogP contribution in [0.3, 0.4) is 0 Å². The highest BCUT2D eigenvalue weighted by molar-refractivity contribution is 5.91. The molecule has 1 amide bonds. The van der Waals surface area contributed by atoms with Gasteiger partial charge in [0.15, 0.2) is 17.4 Å². The van der Waals surface area contributed by atoms with Gasteiger partial charge in [0, 0.05) is 38.6 Å². The Kier molecular flexibility index (Phi) is 3.93. The van der Waals surface area contributed by atoms with Gasteiger partial charge >= 0.3 is 0 Å². The van der Waals surface area contributed by atoms with E-state index in [1.54, 1.807) is 23.2 Å². The van der Waals surface area contributed by atoms with E-state index < -0.39 is 0 Å². The van der Waals surface area contributed by atoms with Crippen LogP contribution in [0.5, 0.6) is 0 Å². The van der Waals surface area contributed by atoms with Crippen molar-refractivity contribution in [2.45, 2.75) is 6.92 Å². The summed E-state index contributed by atoms with van der Waals surface area (Å²) in [6, 6.07) is 7.29. The van der Waals surface area contributed by atoms with E-state index in [2.05, 4.69) is 20.1 Å². The van der Waals surface area contributed by atoms with Crippen molar-refractivity contribution in [3.05, 3.63) is 54.5 Å². The molecule has 0 bridgehead atoms. The van der Waals surface area contributed by atoms with Gasteiger partial charge in [-0.05, 0) is 31.2 Å². The van der Waals surface area contributed by atoms with E-state index in [9.17, 15) is 4.79 Å². The maximum absolute atomic E-state index is 12.3. The Balaban J connectivity index is 1.41. The van der Waals surface area contributed by atoms with Crippen molar-refractivity contribution < 1.29 is 9.21 Å². The fourth-order valence-electron chi connectivity index (χ4n) is 2.93. The molecule has 1 fully saturated rings. The standard InChI is InChI=1S/C17H18N6O2/c1-13-18-6-7-23(13)16-5-4-15(19-20-16)21-8-10-22(11-9-21)17(24)14-3-2-12-25-14/h2-7,12H,8-11H2,1H3. The third-order valence-corrected chi connectivity index (χ3v) is 4.33. The molecular formula is C17H18N6O2. The predicted octanol–water partition coefficient (Wildman–Crippen LogP) is 1.53. The third-order valence-electron chi connectivity index (χ3n) is 4.33. The van der Waals surface area contributed by atoms with Gasteiger partial charge < -0.3 is 14.2 Å². The van der Waals surface area contributed by atoms with E-state index in [1.807, 2.05) is 29.8 Å². The number of furan rings is 1. The second kappa shape index (κ2) is 6.39. The van der Waals surface area contributed by atoms with E-state index >= 15 is 0 Å². The molecule has 0 atom stereocenters. The van der Waals surface area contributed by atoms with Crippen LogP contribution in [0.25, 0.3) is 5.82 Å². The molecule has 4 heterocycles. The minimum atomic E-state index is -0.0679. The maximum Gasteiger partial charge on any atom is 0.289 e. The molecule has 25 heavy (non-hydrogen) atoms. The van der Waals surface area contributed by atoms with Crippen molar-refractivity contribution >= 4 is 11.7 Å². The average molecular weight is 338 g/mol. The summed E-state index contributed by atoms with van der Waals surface area (Å²) < 4.78 is 7.07. The van der Waals surface area contributed by atoms with Crippen molar-refractivity contribution in [1.82, 2.24) is 24.6 Å². The van der Waals surface area contributed by atoms with Gasteiger partial charge in [0.2, 0.25) is 0 Å². The number of hydrogen-bond donors (Lipinski definition) is 0. The van der Waals surface area contributed by atoms with Gasteiger partial charge in [0.1, 0.15) is 5.82 Å². The fraction of sp³-hybridized carbons (Fsp3) is 0.294. The summed E-state index contributed by atoms with van der Waals surface area (Å²) in [5, 5.41) is 8.61. The molecule has 0 aliphatic carbocycles. The smallest absolute Gasteiger partial charge is 0.289 e. The molecule has 0 N–H and O–H groups in total. The number of amides is 1. The lowest BCUT2D eigenvalue weighted by Gasteiger charge is -2.34. The number of rotatable bonds is 3. The second-order valence-corrected chi connectivity index (χ2v) is 5.85. The molecule has 1 aliphatic heterocycles. The van der Waals surface area contributed by atoms with Gasteiger partial charge in [-0.3, -0.25) is 9.36 Å². The summed E-state index contributed by atoms with van der Waals surface area (Å²) in [7, 11) is 0. The number of aromatic nitrogens is 4. The monoisotopic (exact) mass is 338 g/mol. The largest absolute Gasteiger partial charge is 0.459 e. The van der Waals surface area contributed by atoms with Crippen LogP contribution >= 0.6 is 0 Å². The summed E-state index contributed by atoms with van der Waals surface area (Å²) in [5.74, 6) is 2.74. The average Bonchev–Trinajstić information content (AvgIpc) is 3.33. The number of imidazole rings is 1. The molecule has 0 aromatic carbocycles. The normalized spacial score (nSPS) is 14.8. The van der Waals surface area contributed by atoms with Gasteiger partial charge in [0.25, 0.3) is 5.91 Å². The molecular weight excluding hydrogens is 320 g/mol. The topological polar surface area (TPSA) is 80.3 Å². The number of carbonyl (C=O) groups is 1. The lowest BCUT2D eigenvalue weighted by atomic mass is 10.3. The molecule has 1 saturated heterocycles. The van der Waals surface area contributed by atoms with Crippen LogP contribution in [0.2, 0.25) is 0 Å². The van der Waals surface area contributed by atoms with E-state index in [0.717, 1.165) is 17.5 Å². The minimum absolute atomic E-state index is 0.0679. The zero-order valence-corrected chi connectivity index (χ0v) is 13.9. The van der Waals surface area contributed by atoms with Crippen LogP contribution < -0.4 is 4.90 Å². The van der Waals surface area contributed by atoms with Crippen LogP contribution in [0.1, 0.15) is 16.4 Å². The third kappa shape index (κ3) is 2.98. The molecule has 0 spiro atoms. The summed E-state index contributed by atoms with van der Waals surface area (Å²) in [6.45, 7) is 4.60. The summed E-state index contributed by atoms with van der Waals surface area (Å²) in [5.41, 5.74) is 0. The summed E-state index contributed by atoms with van der Waals surface area (Å²) >= 11 is 0. The fourth-order valence-corrected chi connectivity index (χ4v) is 2.93. The Labute approximate surface area is 144 Å². The summed E-state index contributed by atoms with van der Waals surface area (Å²) in [6.07, 6.45) is 5.11. The zero-order valence-electron chi connectivity index (χ0n) is 13.9. The van der Waals surface area contributed by atoms with Crippen LogP contribution in [0, 0.1) is 6.92 Å². The SMILES string of the molecule is Cc1nccn1-c1ccc(N2CCN(C(=O)c3ccco3)CC2)nn1. The van der Waals surface area contributed by atoms with Crippen LogP contribution in [-0.2, 0) is 0 Å². The molecule has 4 rings (SSSR count). The molecule has 8 nitrogen and oxygen atoms in total. The van der Waals surface area contributed by atoms with E-state index in [1.165, 1.54) is 6.26 Å². The maximum atomic E-state index is 12.3. The molecule has 0 saturated carbocycles.